The highest BCUT2D eigenvalue weighted by Crippen LogP contribution is 2.03. The van der Waals surface area contributed by atoms with Crippen molar-refractivity contribution < 1.29 is 0 Å². The van der Waals surface area contributed by atoms with Gasteiger partial charge >= 0.3 is 0 Å². The van der Waals surface area contributed by atoms with E-state index >= 15 is 0 Å². The van der Waals surface area contributed by atoms with Gasteiger partial charge in [-0.25, -0.2) is 9.67 Å². The summed E-state index contributed by atoms with van der Waals surface area (Å²) in [5.74, 6) is 0. The first-order valence-electron chi connectivity index (χ1n) is 8.51. The van der Waals surface area contributed by atoms with Gasteiger partial charge in [-0.05, 0) is 79.3 Å². The molecular weight excluding hydrogens is 525 g/mol. The van der Waals surface area contributed by atoms with E-state index in [9.17, 15) is 0 Å². The zero-order chi connectivity index (χ0) is 23.2. The van der Waals surface area contributed by atoms with Crippen LogP contribution in [0.1, 0.15) is 0 Å². The van der Waals surface area contributed by atoms with Crippen LogP contribution in [0.15, 0.2) is 61.2 Å². The molecule has 6 N–H and O–H groups in total. The minimum absolute atomic E-state index is 0.432. The van der Waals surface area contributed by atoms with E-state index in [0.29, 0.717) is 22.2 Å². The Morgan fingerprint density at radius 1 is 0.781 bits per heavy atom. The molecule has 0 aliphatic rings. The summed E-state index contributed by atoms with van der Waals surface area (Å²) in [5.41, 5.74) is 0.938. The molecule has 0 atom stereocenters. The average molecular weight is 541 g/mol. The fourth-order valence-corrected chi connectivity index (χ4v) is 3.35. The van der Waals surface area contributed by atoms with Crippen LogP contribution in [0.25, 0.3) is 5.69 Å². The van der Waals surface area contributed by atoms with Gasteiger partial charge in [0, 0.05) is 24.8 Å². The van der Waals surface area contributed by atoms with Gasteiger partial charge in [-0.2, -0.15) is 5.21 Å². The molecule has 0 aliphatic heterocycles. The van der Waals surface area contributed by atoms with E-state index in [1.165, 1.54) is 11.3 Å². The minimum Gasteiger partial charge on any atom is -0.338 e. The fourth-order valence-electron chi connectivity index (χ4n) is 1.77. The van der Waals surface area contributed by atoms with Crippen molar-refractivity contribution >= 4 is 72.4 Å². The van der Waals surface area contributed by atoms with Crippen molar-refractivity contribution in [2.45, 2.75) is 0 Å². The van der Waals surface area contributed by atoms with Crippen molar-refractivity contribution in [1.29, 1.82) is 0 Å². The summed E-state index contributed by atoms with van der Waals surface area (Å²) in [6.07, 6.45) is 6.90. The van der Waals surface area contributed by atoms with Crippen molar-refractivity contribution in [1.82, 2.24) is 50.3 Å². The van der Waals surface area contributed by atoms with E-state index < -0.39 is 0 Å². The van der Waals surface area contributed by atoms with Crippen LogP contribution in [0, 0.1) is 22.2 Å². The van der Waals surface area contributed by atoms with Gasteiger partial charge < -0.3 is 15.0 Å². The highest BCUT2D eigenvalue weighted by Gasteiger charge is 1.95. The lowest BCUT2D eigenvalue weighted by Gasteiger charge is -1.97. The summed E-state index contributed by atoms with van der Waals surface area (Å²) in [7, 11) is 0. The predicted octanol–water partition coefficient (Wildman–Crippen LogP) is 5.40. The third kappa shape index (κ3) is 10.0. The lowest BCUT2D eigenvalue weighted by Crippen LogP contribution is -1.95. The number of nitrogens with one attached hydrogen (secondary N) is 6. The van der Waals surface area contributed by atoms with Gasteiger partial charge in [-0.15, -0.1) is 0 Å². The zero-order valence-electron chi connectivity index (χ0n) is 16.0. The largest absolute Gasteiger partial charge is 0.338 e. The zero-order valence-corrected chi connectivity index (χ0v) is 20.9. The maximum absolute atomic E-state index is 4.93. The van der Waals surface area contributed by atoms with Crippen molar-refractivity contribution in [3.05, 3.63) is 83.4 Å². The van der Waals surface area contributed by atoms with Crippen LogP contribution in [-0.4, -0.2) is 50.3 Å². The molecule has 16 heteroatoms. The molecule has 0 spiro atoms. The molecule has 1 aromatic carbocycles. The smallest absolute Gasteiger partial charge is 0.242 e. The number of aromatic amines is 6. The number of imidazole rings is 1. The highest BCUT2D eigenvalue weighted by molar-refractivity contribution is 7.75. The normalized spacial score (nSPS) is 9.25. The number of benzene rings is 1. The van der Waals surface area contributed by atoms with Gasteiger partial charge in [0.05, 0.1) is 5.69 Å². The first kappa shape index (κ1) is 25.5. The van der Waals surface area contributed by atoms with E-state index in [-0.39, 0.29) is 0 Å². The third-order valence-corrected chi connectivity index (χ3v) is 5.03. The molecule has 10 nitrogen and oxygen atoms in total. The summed E-state index contributed by atoms with van der Waals surface area (Å²) >= 11 is 25.0. The molecule has 4 heterocycles. The van der Waals surface area contributed by atoms with E-state index in [1.54, 1.807) is 35.5 Å². The number of rotatable bonds is 1. The Morgan fingerprint density at radius 2 is 1.44 bits per heavy atom. The highest BCUT2D eigenvalue weighted by atomic mass is 32.2. The standard InChI is InChI=1S/C7H6N4S.C4H4N2S.C3H4N2S.C2H2N2S3/c12-7-8-9-10-11(7)6-4-2-1-3-5-6;7-4-5-2-1-3-6-4;6-3-4-1-2-5-3;5-1-3-4-2(6)7-1/h1-5H,(H,8,10,12);1-3H,(H,5,6,7);1-2H,(H2,4,5,6);(H,3,5)(H,4,6). The summed E-state index contributed by atoms with van der Waals surface area (Å²) in [4.78, 5) is 12.0. The summed E-state index contributed by atoms with van der Waals surface area (Å²) in [6, 6.07) is 11.4. The molecule has 0 amide bonds. The molecule has 5 rings (SSSR count). The van der Waals surface area contributed by atoms with E-state index in [2.05, 4.69) is 70.1 Å². The topological polar surface area (TPSA) is 138 Å². The molecule has 0 saturated heterocycles. The van der Waals surface area contributed by atoms with Crippen molar-refractivity contribution in [2.24, 2.45) is 0 Å². The predicted molar refractivity (Wildman–Crippen MR) is 137 cm³/mol. The van der Waals surface area contributed by atoms with Crippen molar-refractivity contribution in [2.75, 3.05) is 0 Å². The molecule has 32 heavy (non-hydrogen) atoms. The third-order valence-electron chi connectivity index (χ3n) is 3.03. The van der Waals surface area contributed by atoms with Crippen molar-refractivity contribution in [3.63, 3.8) is 0 Å². The summed E-state index contributed by atoms with van der Waals surface area (Å²) in [5, 5.41) is 15.3. The second-order valence-corrected chi connectivity index (χ2v) is 8.73. The minimum atomic E-state index is 0.432. The first-order chi connectivity index (χ1) is 15.5. The molecule has 4 aromatic heterocycles. The Hall–Kier alpha value is -2.76. The Bertz CT molecular complexity index is 1390. The summed E-state index contributed by atoms with van der Waals surface area (Å²) in [6.45, 7) is 0. The Balaban J connectivity index is 0.000000158. The van der Waals surface area contributed by atoms with Gasteiger partial charge in [-0.3, -0.25) is 10.2 Å². The number of para-hydroxylation sites is 1. The maximum Gasteiger partial charge on any atom is 0.242 e. The number of hydrogen-bond donors (Lipinski definition) is 6. The van der Waals surface area contributed by atoms with Crippen LogP contribution in [0.5, 0.6) is 0 Å². The quantitative estimate of drug-likeness (QED) is 0.155. The molecule has 5 aromatic rings. The number of tetrazole rings is 1. The Labute approximate surface area is 210 Å². The van der Waals surface area contributed by atoms with Gasteiger partial charge in [0.2, 0.25) is 4.77 Å². The monoisotopic (exact) mass is 540 g/mol. The lowest BCUT2D eigenvalue weighted by molar-refractivity contribution is 0.786. The van der Waals surface area contributed by atoms with Crippen LogP contribution >= 0.6 is 72.4 Å². The molecule has 0 saturated carbocycles. The van der Waals surface area contributed by atoms with Crippen LogP contribution in [-0.2, 0) is 0 Å². The van der Waals surface area contributed by atoms with Crippen molar-refractivity contribution in [3.8, 4) is 5.69 Å². The second kappa shape index (κ2) is 14.3. The average Bonchev–Trinajstić information content (AvgIpc) is 3.54. The molecule has 0 fully saturated rings. The molecule has 0 bridgehead atoms. The van der Waals surface area contributed by atoms with E-state index in [0.717, 1.165) is 5.69 Å². The number of nitrogens with zero attached hydrogens (tertiary/aromatic N) is 4. The van der Waals surface area contributed by atoms with E-state index in [1.807, 2.05) is 30.3 Å². The number of hydrogen-bond acceptors (Lipinski definition) is 9. The van der Waals surface area contributed by atoms with Gasteiger partial charge in [0.15, 0.2) is 17.5 Å². The molecule has 0 unspecified atom stereocenters. The molecular formula is C16H16N10S6. The van der Waals surface area contributed by atoms with Crippen LogP contribution in [0.3, 0.4) is 0 Å². The van der Waals surface area contributed by atoms with Crippen LogP contribution < -0.4 is 0 Å². The number of aromatic nitrogens is 10. The maximum atomic E-state index is 4.93. The van der Waals surface area contributed by atoms with Crippen LogP contribution in [0.2, 0.25) is 0 Å². The Morgan fingerprint density at radius 3 is 1.78 bits per heavy atom. The number of H-pyrrole nitrogens is 6. The lowest BCUT2D eigenvalue weighted by atomic mass is 10.3. The molecule has 0 radical (unpaired) electrons. The van der Waals surface area contributed by atoms with Gasteiger partial charge in [0.25, 0.3) is 0 Å². The SMILES string of the molecule is S=c1[nH][nH]c(=S)s1.S=c1[nH]cc[nH]1.S=c1nccc[nH]1.S=c1nn[nH]n1-c1ccccc1. The van der Waals surface area contributed by atoms with Crippen LogP contribution in [0.4, 0.5) is 0 Å². The second-order valence-electron chi connectivity index (χ2n) is 5.22. The molecule has 166 valence electrons. The van der Waals surface area contributed by atoms with Gasteiger partial charge in [-0.1, -0.05) is 39.8 Å². The fraction of sp³-hybridized carbons (Fsp3) is 0. The summed E-state index contributed by atoms with van der Waals surface area (Å²) < 4.78 is 4.67. The first-order valence-corrected chi connectivity index (χ1v) is 11.4. The molecule has 0 aliphatic carbocycles. The van der Waals surface area contributed by atoms with E-state index in [4.69, 9.17) is 36.7 Å². The Kier molecular flexibility index (Phi) is 11.4. The van der Waals surface area contributed by atoms with Gasteiger partial charge in [0.1, 0.15) is 0 Å².